The van der Waals surface area contributed by atoms with Gasteiger partial charge in [-0.2, -0.15) is 0 Å². The van der Waals surface area contributed by atoms with E-state index in [2.05, 4.69) is 13.5 Å². The highest BCUT2D eigenvalue weighted by Gasteiger charge is 2.53. The Morgan fingerprint density at radius 1 is 1.00 bits per heavy atom. The molecule has 1 saturated heterocycles. The molecule has 1 spiro atoms. The molecule has 3 unspecified atom stereocenters. The van der Waals surface area contributed by atoms with E-state index in [1.807, 2.05) is 5.57 Å². The minimum Gasteiger partial charge on any atom is -0.349 e. The summed E-state index contributed by atoms with van der Waals surface area (Å²) in [7, 11) is 0. The van der Waals surface area contributed by atoms with Crippen molar-refractivity contribution in [2.24, 2.45) is 23.2 Å². The molecule has 1 heterocycles. The maximum Gasteiger partial charge on any atom is 0.172 e. The molecule has 2 heteroatoms. The topological polar surface area (TPSA) is 18.5 Å². The molecule has 4 atom stereocenters. The van der Waals surface area contributed by atoms with Gasteiger partial charge in [-0.3, -0.25) is 0 Å². The molecule has 3 fully saturated rings. The lowest BCUT2D eigenvalue weighted by Crippen LogP contribution is -2.46. The second-order valence-electron chi connectivity index (χ2n) is 9.28. The van der Waals surface area contributed by atoms with E-state index in [0.717, 1.165) is 50.2 Å². The molecule has 2 saturated carbocycles. The predicted molar refractivity (Wildman–Crippen MR) is 95.5 cm³/mol. The average molecular weight is 328 g/mol. The van der Waals surface area contributed by atoms with Crippen LogP contribution in [0, 0.1) is 23.2 Å². The maximum absolute atomic E-state index is 6.12. The van der Waals surface area contributed by atoms with E-state index in [1.165, 1.54) is 44.9 Å². The van der Waals surface area contributed by atoms with Crippen LogP contribution < -0.4 is 0 Å². The number of ether oxygens (including phenoxy) is 2. The van der Waals surface area contributed by atoms with Gasteiger partial charge in [0, 0.05) is 12.8 Å². The Morgan fingerprint density at radius 3 is 2.67 bits per heavy atom. The third-order valence-electron chi connectivity index (χ3n) is 8.35. The Balaban J connectivity index is 1.41. The van der Waals surface area contributed by atoms with Crippen molar-refractivity contribution in [2.75, 3.05) is 13.2 Å². The summed E-state index contributed by atoms with van der Waals surface area (Å²) in [6, 6.07) is 0. The fraction of sp³-hybridized carbons (Fsp3) is 0.818. The van der Waals surface area contributed by atoms with Gasteiger partial charge >= 0.3 is 0 Å². The summed E-state index contributed by atoms with van der Waals surface area (Å²) in [5.41, 5.74) is 5.54. The first-order valence-corrected chi connectivity index (χ1v) is 10.3. The minimum absolute atomic E-state index is 0.255. The number of allylic oxidation sites excluding steroid dienone is 2. The van der Waals surface area contributed by atoms with Crippen LogP contribution in [0.5, 0.6) is 0 Å². The summed E-state index contributed by atoms with van der Waals surface area (Å²) in [5.74, 6) is 2.42. The van der Waals surface area contributed by atoms with Gasteiger partial charge in [0.05, 0.1) is 13.2 Å². The summed E-state index contributed by atoms with van der Waals surface area (Å²) >= 11 is 0. The van der Waals surface area contributed by atoms with E-state index in [0.29, 0.717) is 5.41 Å². The summed E-state index contributed by atoms with van der Waals surface area (Å²) < 4.78 is 12.2. The molecule has 0 amide bonds. The fourth-order valence-corrected chi connectivity index (χ4v) is 6.96. The first-order valence-electron chi connectivity index (χ1n) is 10.3. The zero-order valence-corrected chi connectivity index (χ0v) is 15.2. The Kier molecular flexibility index (Phi) is 3.55. The van der Waals surface area contributed by atoms with Gasteiger partial charge in [0.15, 0.2) is 5.79 Å². The van der Waals surface area contributed by atoms with Crippen molar-refractivity contribution in [1.82, 2.24) is 0 Å². The molecule has 5 aliphatic rings. The molecule has 0 aromatic carbocycles. The second-order valence-corrected chi connectivity index (χ2v) is 9.28. The second kappa shape index (κ2) is 5.45. The van der Waals surface area contributed by atoms with E-state index < -0.39 is 0 Å². The monoisotopic (exact) mass is 328 g/mol. The van der Waals surface area contributed by atoms with Crippen LogP contribution in [0.2, 0.25) is 0 Å². The largest absolute Gasteiger partial charge is 0.349 e. The minimum atomic E-state index is -0.255. The van der Waals surface area contributed by atoms with Gasteiger partial charge in [-0.25, -0.2) is 0 Å². The third-order valence-corrected chi connectivity index (χ3v) is 8.35. The molecule has 1 aliphatic heterocycles. The fourth-order valence-electron chi connectivity index (χ4n) is 6.96. The lowest BCUT2D eigenvalue weighted by Gasteiger charge is -2.52. The molecule has 2 nitrogen and oxygen atoms in total. The Hall–Kier alpha value is -0.600. The summed E-state index contributed by atoms with van der Waals surface area (Å²) in [6.45, 7) is 8.73. The molecule has 24 heavy (non-hydrogen) atoms. The Bertz CT molecular complexity index is 583. The molecule has 132 valence electrons. The van der Waals surface area contributed by atoms with Gasteiger partial charge in [-0.15, -0.1) is 0 Å². The normalized spacial score (nSPS) is 44.2. The highest BCUT2D eigenvalue weighted by Crippen LogP contribution is 2.63. The average Bonchev–Trinajstić information content (AvgIpc) is 2.90. The highest BCUT2D eigenvalue weighted by molar-refractivity contribution is 5.30. The number of hydrogen-bond donors (Lipinski definition) is 0. The van der Waals surface area contributed by atoms with E-state index in [1.54, 1.807) is 11.1 Å². The van der Waals surface area contributed by atoms with Crippen LogP contribution in [0.3, 0.4) is 0 Å². The van der Waals surface area contributed by atoms with Gasteiger partial charge < -0.3 is 9.47 Å². The van der Waals surface area contributed by atoms with Crippen LogP contribution in [0.15, 0.2) is 23.3 Å². The van der Waals surface area contributed by atoms with E-state index in [4.69, 9.17) is 9.47 Å². The van der Waals surface area contributed by atoms with Crippen molar-refractivity contribution in [1.29, 1.82) is 0 Å². The maximum atomic E-state index is 6.12. The van der Waals surface area contributed by atoms with Crippen LogP contribution in [0.25, 0.3) is 0 Å². The van der Waals surface area contributed by atoms with Crippen molar-refractivity contribution in [3.8, 4) is 0 Å². The lowest BCUT2D eigenvalue weighted by atomic mass is 9.54. The quantitative estimate of drug-likeness (QED) is 0.555. The molecule has 0 aromatic heterocycles. The molecule has 0 bridgehead atoms. The van der Waals surface area contributed by atoms with Gasteiger partial charge in [-0.1, -0.05) is 30.2 Å². The lowest BCUT2D eigenvalue weighted by molar-refractivity contribution is -0.272. The Labute approximate surface area is 146 Å². The van der Waals surface area contributed by atoms with Crippen LogP contribution in [0.4, 0.5) is 0 Å². The molecular formula is C22H32O2. The molecule has 4 aliphatic carbocycles. The highest BCUT2D eigenvalue weighted by atomic mass is 16.7. The number of rotatable bonds is 0. The van der Waals surface area contributed by atoms with E-state index in [-0.39, 0.29) is 5.79 Å². The molecule has 0 N–H and O–H groups in total. The predicted octanol–water partition coefficient (Wildman–Crippen LogP) is 5.39. The van der Waals surface area contributed by atoms with Crippen LogP contribution >= 0.6 is 0 Å². The van der Waals surface area contributed by atoms with E-state index in [9.17, 15) is 0 Å². The van der Waals surface area contributed by atoms with Crippen molar-refractivity contribution in [2.45, 2.75) is 76.9 Å². The first-order chi connectivity index (χ1) is 11.6. The summed E-state index contributed by atoms with van der Waals surface area (Å²) in [6.07, 6.45) is 12.6. The zero-order chi connectivity index (χ0) is 16.4. The molecular weight excluding hydrogens is 296 g/mol. The molecule has 5 rings (SSSR count). The Morgan fingerprint density at radius 2 is 1.83 bits per heavy atom. The summed E-state index contributed by atoms with van der Waals surface area (Å²) in [5, 5.41) is 0. The van der Waals surface area contributed by atoms with Crippen molar-refractivity contribution in [3.05, 3.63) is 23.3 Å². The third kappa shape index (κ3) is 2.15. The smallest absolute Gasteiger partial charge is 0.172 e. The SMILES string of the molecule is C=C1CCC2C3CCC4=C(CCC5(C4)OCCCO5)C3CC[C@]12C. The first kappa shape index (κ1) is 15.6. The van der Waals surface area contributed by atoms with Gasteiger partial charge in [0.2, 0.25) is 0 Å². The number of fused-ring (bicyclic) bond motifs is 4. The van der Waals surface area contributed by atoms with Crippen LogP contribution in [0.1, 0.15) is 71.1 Å². The van der Waals surface area contributed by atoms with Crippen LogP contribution in [-0.4, -0.2) is 19.0 Å². The van der Waals surface area contributed by atoms with Gasteiger partial charge in [-0.05, 0) is 74.5 Å². The molecule has 0 radical (unpaired) electrons. The standard InChI is InChI=1S/C22H32O2/c1-15-4-7-20-19-6-5-16-14-22(23-12-3-13-24-22)11-9-17(16)18(19)8-10-21(15,20)2/h18-20H,1,3-14H2,2H3/t18?,19?,20?,21-/m1/s1. The van der Waals surface area contributed by atoms with Crippen LogP contribution in [-0.2, 0) is 9.47 Å². The van der Waals surface area contributed by atoms with Crippen molar-refractivity contribution < 1.29 is 9.47 Å². The van der Waals surface area contributed by atoms with Gasteiger partial charge in [0.1, 0.15) is 0 Å². The van der Waals surface area contributed by atoms with Gasteiger partial charge in [0.25, 0.3) is 0 Å². The summed E-state index contributed by atoms with van der Waals surface area (Å²) in [4.78, 5) is 0. The van der Waals surface area contributed by atoms with E-state index >= 15 is 0 Å². The molecule has 0 aromatic rings. The zero-order valence-electron chi connectivity index (χ0n) is 15.2. The number of hydrogen-bond acceptors (Lipinski definition) is 2. The van der Waals surface area contributed by atoms with Crippen molar-refractivity contribution in [3.63, 3.8) is 0 Å². The van der Waals surface area contributed by atoms with Crippen molar-refractivity contribution >= 4 is 0 Å².